The van der Waals surface area contributed by atoms with Crippen LogP contribution in [-0.2, 0) is 14.3 Å². The maximum absolute atomic E-state index is 11.8. The van der Waals surface area contributed by atoms with Gasteiger partial charge in [0.25, 0.3) is 0 Å². The SMILES string of the molecule is CCCCCCCCCCCCCCCCCCNCCC(=O)NCC(=O)NCCOCCN.Cl. The Morgan fingerprint density at radius 2 is 1.14 bits per heavy atom. The van der Waals surface area contributed by atoms with Crippen LogP contribution in [0, 0.1) is 0 Å². The Kier molecular flexibility index (Phi) is 32.3. The Labute approximate surface area is 222 Å². The minimum Gasteiger partial charge on any atom is -0.378 e. The molecule has 0 saturated carbocycles. The summed E-state index contributed by atoms with van der Waals surface area (Å²) in [6, 6.07) is 0. The molecule has 0 atom stereocenters. The summed E-state index contributed by atoms with van der Waals surface area (Å²) in [6.45, 7) is 5.70. The van der Waals surface area contributed by atoms with Crippen molar-refractivity contribution in [3.8, 4) is 0 Å². The van der Waals surface area contributed by atoms with E-state index in [1.54, 1.807) is 0 Å². The molecular weight excluding hydrogens is 464 g/mol. The van der Waals surface area contributed by atoms with E-state index < -0.39 is 0 Å². The van der Waals surface area contributed by atoms with Gasteiger partial charge in [-0.05, 0) is 13.0 Å². The van der Waals surface area contributed by atoms with E-state index in [0.717, 1.165) is 13.0 Å². The molecule has 0 rings (SSSR count). The molecule has 0 aliphatic heterocycles. The molecule has 0 aromatic rings. The van der Waals surface area contributed by atoms with Gasteiger partial charge in [-0.25, -0.2) is 0 Å². The number of hydrogen-bond donors (Lipinski definition) is 4. The van der Waals surface area contributed by atoms with E-state index in [9.17, 15) is 9.59 Å². The molecule has 0 aliphatic rings. The number of nitrogens with one attached hydrogen (secondary N) is 3. The predicted octanol–water partition coefficient (Wildman–Crippen LogP) is 4.86. The van der Waals surface area contributed by atoms with E-state index in [0.29, 0.717) is 39.3 Å². The number of rotatable bonds is 27. The monoisotopic (exact) mass is 520 g/mol. The third kappa shape index (κ3) is 31.1. The third-order valence-electron chi connectivity index (χ3n) is 6.01. The van der Waals surface area contributed by atoms with Gasteiger partial charge < -0.3 is 26.4 Å². The van der Waals surface area contributed by atoms with Crippen molar-refractivity contribution >= 4 is 24.2 Å². The fraction of sp³-hybridized carbons (Fsp3) is 0.926. The fourth-order valence-electron chi connectivity index (χ4n) is 3.90. The normalized spacial score (nSPS) is 10.7. The maximum Gasteiger partial charge on any atom is 0.239 e. The van der Waals surface area contributed by atoms with Crippen LogP contribution in [0.5, 0.6) is 0 Å². The number of amides is 2. The van der Waals surface area contributed by atoms with Crippen LogP contribution < -0.4 is 21.7 Å². The summed E-state index contributed by atoms with van der Waals surface area (Å²) >= 11 is 0. The molecule has 210 valence electrons. The second kappa shape index (κ2) is 31.1. The molecule has 2 amide bonds. The van der Waals surface area contributed by atoms with Crippen molar-refractivity contribution in [2.45, 2.75) is 116 Å². The summed E-state index contributed by atoms with van der Waals surface area (Å²) in [5.74, 6) is -0.306. The molecule has 0 spiro atoms. The molecule has 0 bridgehead atoms. The molecule has 0 fully saturated rings. The van der Waals surface area contributed by atoms with Gasteiger partial charge in [0.15, 0.2) is 0 Å². The zero-order chi connectivity index (χ0) is 25.0. The van der Waals surface area contributed by atoms with Crippen LogP contribution in [0.25, 0.3) is 0 Å². The van der Waals surface area contributed by atoms with Gasteiger partial charge in [-0.1, -0.05) is 103 Å². The van der Waals surface area contributed by atoms with Gasteiger partial charge in [-0.3, -0.25) is 9.59 Å². The number of halogens is 1. The van der Waals surface area contributed by atoms with Gasteiger partial charge in [0.2, 0.25) is 11.8 Å². The van der Waals surface area contributed by atoms with Crippen molar-refractivity contribution < 1.29 is 14.3 Å². The average Bonchev–Trinajstić information content (AvgIpc) is 2.84. The van der Waals surface area contributed by atoms with E-state index >= 15 is 0 Å². The molecule has 35 heavy (non-hydrogen) atoms. The van der Waals surface area contributed by atoms with Gasteiger partial charge in [0.05, 0.1) is 19.8 Å². The predicted molar refractivity (Wildman–Crippen MR) is 150 cm³/mol. The molecule has 7 nitrogen and oxygen atoms in total. The summed E-state index contributed by atoms with van der Waals surface area (Å²) in [4.78, 5) is 23.4. The summed E-state index contributed by atoms with van der Waals surface area (Å²) in [5.41, 5.74) is 5.31. The highest BCUT2D eigenvalue weighted by molar-refractivity contribution is 5.85. The lowest BCUT2D eigenvalue weighted by Crippen LogP contribution is -2.39. The number of carbonyl (C=O) groups is 2. The number of unbranched alkanes of at least 4 members (excludes halogenated alkanes) is 15. The third-order valence-corrected chi connectivity index (χ3v) is 6.01. The molecule has 8 heteroatoms. The number of ether oxygens (including phenoxy) is 1. The van der Waals surface area contributed by atoms with Crippen LogP contribution in [0.4, 0.5) is 0 Å². The van der Waals surface area contributed by atoms with Gasteiger partial charge in [0, 0.05) is 26.1 Å². The van der Waals surface area contributed by atoms with E-state index in [-0.39, 0.29) is 30.8 Å². The van der Waals surface area contributed by atoms with E-state index in [1.165, 1.54) is 96.3 Å². The van der Waals surface area contributed by atoms with Gasteiger partial charge >= 0.3 is 0 Å². The largest absolute Gasteiger partial charge is 0.378 e. The van der Waals surface area contributed by atoms with Crippen LogP contribution in [0.3, 0.4) is 0 Å². The summed E-state index contributed by atoms with van der Waals surface area (Å²) in [7, 11) is 0. The van der Waals surface area contributed by atoms with Crippen LogP contribution in [0.1, 0.15) is 116 Å². The van der Waals surface area contributed by atoms with Crippen LogP contribution >= 0.6 is 12.4 Å². The lowest BCUT2D eigenvalue weighted by Gasteiger charge is -2.08. The first kappa shape index (κ1) is 36.3. The minimum atomic E-state index is -0.203. The van der Waals surface area contributed by atoms with Gasteiger partial charge in [0.1, 0.15) is 0 Å². The topological polar surface area (TPSA) is 105 Å². The minimum absolute atomic E-state index is 0. The van der Waals surface area contributed by atoms with Crippen LogP contribution in [0.15, 0.2) is 0 Å². The van der Waals surface area contributed by atoms with Crippen molar-refractivity contribution in [2.24, 2.45) is 5.73 Å². The molecule has 0 aromatic heterocycles. The Morgan fingerprint density at radius 1 is 0.629 bits per heavy atom. The number of carbonyl (C=O) groups excluding carboxylic acids is 2. The molecule has 5 N–H and O–H groups in total. The summed E-state index contributed by atoms with van der Waals surface area (Å²) in [5, 5.41) is 8.65. The average molecular weight is 521 g/mol. The van der Waals surface area contributed by atoms with E-state index in [2.05, 4.69) is 22.9 Å². The van der Waals surface area contributed by atoms with Crippen molar-refractivity contribution in [1.29, 1.82) is 0 Å². The summed E-state index contributed by atoms with van der Waals surface area (Å²) in [6.07, 6.45) is 22.4. The van der Waals surface area contributed by atoms with Crippen LogP contribution in [0.2, 0.25) is 0 Å². The second-order valence-corrected chi connectivity index (χ2v) is 9.33. The second-order valence-electron chi connectivity index (χ2n) is 9.33. The highest BCUT2D eigenvalue weighted by atomic mass is 35.5. The zero-order valence-electron chi connectivity index (χ0n) is 22.7. The Balaban J connectivity index is 0. The lowest BCUT2D eigenvalue weighted by molar-refractivity contribution is -0.126. The van der Waals surface area contributed by atoms with E-state index in [4.69, 9.17) is 10.5 Å². The molecule has 0 radical (unpaired) electrons. The van der Waals surface area contributed by atoms with Crippen molar-refractivity contribution in [2.75, 3.05) is 45.9 Å². The standard InChI is InChI=1S/C27H56N4O3.ClH/c1-2-3-4-5-6-7-8-9-10-11-12-13-14-15-16-17-20-29-21-18-26(32)31-25-27(33)30-22-24-34-23-19-28;/h29H,2-25,28H2,1H3,(H,30,33)(H,31,32);1H. The van der Waals surface area contributed by atoms with Crippen LogP contribution in [-0.4, -0.2) is 57.8 Å². The smallest absolute Gasteiger partial charge is 0.239 e. The Hall–Kier alpha value is -0.890. The first-order chi connectivity index (χ1) is 16.7. The van der Waals surface area contributed by atoms with Gasteiger partial charge in [-0.15, -0.1) is 12.4 Å². The highest BCUT2D eigenvalue weighted by Crippen LogP contribution is 2.13. The number of nitrogens with two attached hydrogens (primary N) is 1. The molecule has 0 aliphatic carbocycles. The van der Waals surface area contributed by atoms with E-state index in [1.807, 2.05) is 0 Å². The van der Waals surface area contributed by atoms with Gasteiger partial charge in [-0.2, -0.15) is 0 Å². The molecule has 0 heterocycles. The maximum atomic E-state index is 11.8. The highest BCUT2D eigenvalue weighted by Gasteiger charge is 2.04. The van der Waals surface area contributed by atoms with Crippen molar-refractivity contribution in [3.63, 3.8) is 0 Å². The fourth-order valence-corrected chi connectivity index (χ4v) is 3.90. The lowest BCUT2D eigenvalue weighted by atomic mass is 10.0. The van der Waals surface area contributed by atoms with Crippen molar-refractivity contribution in [3.05, 3.63) is 0 Å². The molecular formula is C27H57ClN4O3. The molecule has 0 aromatic carbocycles. The quantitative estimate of drug-likeness (QED) is 0.116. The molecule has 0 saturated heterocycles. The first-order valence-electron chi connectivity index (χ1n) is 14.2. The van der Waals surface area contributed by atoms with Crippen molar-refractivity contribution in [1.82, 2.24) is 16.0 Å². The summed E-state index contributed by atoms with van der Waals surface area (Å²) < 4.78 is 5.17. The zero-order valence-corrected chi connectivity index (χ0v) is 23.5. The first-order valence-corrected chi connectivity index (χ1v) is 14.2. The Morgan fingerprint density at radius 3 is 1.66 bits per heavy atom. The number of hydrogen-bond acceptors (Lipinski definition) is 5. The molecule has 0 unspecified atom stereocenters. The Bertz CT molecular complexity index is 456.